The minimum atomic E-state index is -0.779. The molecule has 0 aliphatic carbocycles. The fraction of sp³-hybridized carbons (Fsp3) is 0.476. The molecule has 1 aromatic heterocycles. The summed E-state index contributed by atoms with van der Waals surface area (Å²) < 4.78 is 7.10. The zero-order valence-electron chi connectivity index (χ0n) is 16.6. The van der Waals surface area contributed by atoms with Crippen LogP contribution in [0.15, 0.2) is 30.3 Å². The van der Waals surface area contributed by atoms with E-state index in [1.807, 2.05) is 38.2 Å². The van der Waals surface area contributed by atoms with Crippen molar-refractivity contribution in [3.8, 4) is 0 Å². The molecule has 0 saturated carbocycles. The van der Waals surface area contributed by atoms with Gasteiger partial charge in [0.15, 0.2) is 5.69 Å². The molecule has 3 rings (SSSR count). The SMILES string of the molecule is CCOC(=O)[C@]1(Cc2cccc(Cl)c2)CCCN(C(=O)c2cc(C)n(C)n2)C1. The molecular weight excluding hydrogens is 378 g/mol. The van der Waals surface area contributed by atoms with Crippen LogP contribution in [-0.2, 0) is 23.0 Å². The van der Waals surface area contributed by atoms with Crippen LogP contribution in [0.25, 0.3) is 0 Å². The van der Waals surface area contributed by atoms with Crippen molar-refractivity contribution >= 4 is 23.5 Å². The second-order valence-corrected chi connectivity index (χ2v) is 7.87. The van der Waals surface area contributed by atoms with Gasteiger partial charge >= 0.3 is 5.97 Å². The summed E-state index contributed by atoms with van der Waals surface area (Å²) in [6.45, 7) is 4.93. The Kier molecular flexibility index (Phi) is 6.08. The van der Waals surface area contributed by atoms with Gasteiger partial charge in [-0.25, -0.2) is 0 Å². The molecule has 28 heavy (non-hydrogen) atoms. The van der Waals surface area contributed by atoms with Crippen LogP contribution in [-0.4, -0.2) is 46.3 Å². The minimum Gasteiger partial charge on any atom is -0.466 e. The van der Waals surface area contributed by atoms with Gasteiger partial charge in [0.1, 0.15) is 0 Å². The smallest absolute Gasteiger partial charge is 0.314 e. The lowest BCUT2D eigenvalue weighted by Crippen LogP contribution is -2.51. The lowest BCUT2D eigenvalue weighted by molar-refractivity contribution is -0.158. The second-order valence-electron chi connectivity index (χ2n) is 7.43. The molecule has 7 heteroatoms. The first-order valence-electron chi connectivity index (χ1n) is 9.56. The Morgan fingerprint density at radius 3 is 2.75 bits per heavy atom. The molecule has 2 aromatic rings. The number of aryl methyl sites for hydroxylation is 2. The lowest BCUT2D eigenvalue weighted by atomic mass is 9.75. The average Bonchev–Trinajstić information content (AvgIpc) is 3.00. The van der Waals surface area contributed by atoms with E-state index in [4.69, 9.17) is 16.3 Å². The van der Waals surface area contributed by atoms with Crippen molar-refractivity contribution < 1.29 is 14.3 Å². The Morgan fingerprint density at radius 2 is 2.11 bits per heavy atom. The van der Waals surface area contributed by atoms with Crippen molar-refractivity contribution in [3.63, 3.8) is 0 Å². The van der Waals surface area contributed by atoms with Gasteiger partial charge in [-0.1, -0.05) is 23.7 Å². The molecule has 0 spiro atoms. The van der Waals surface area contributed by atoms with Crippen LogP contribution >= 0.6 is 11.6 Å². The maximum absolute atomic E-state index is 13.0. The van der Waals surface area contributed by atoms with Gasteiger partial charge in [0, 0.05) is 30.9 Å². The number of halogens is 1. The maximum Gasteiger partial charge on any atom is 0.314 e. The van der Waals surface area contributed by atoms with E-state index in [0.717, 1.165) is 17.7 Å². The Balaban J connectivity index is 1.88. The van der Waals surface area contributed by atoms with Gasteiger partial charge < -0.3 is 9.64 Å². The highest BCUT2D eigenvalue weighted by atomic mass is 35.5. The standard InChI is InChI=1S/C21H26ClN3O3/c1-4-28-20(27)21(13-16-7-5-8-17(22)12-16)9-6-10-25(14-21)19(26)18-11-15(2)24(3)23-18/h5,7-8,11-12H,4,6,9-10,13-14H2,1-3H3/t21-/m0/s1. The van der Waals surface area contributed by atoms with Crippen LogP contribution in [0.4, 0.5) is 0 Å². The molecule has 1 amide bonds. The number of hydrogen-bond acceptors (Lipinski definition) is 4. The predicted molar refractivity (Wildman–Crippen MR) is 107 cm³/mol. The first-order chi connectivity index (χ1) is 13.3. The van der Waals surface area contributed by atoms with Crippen molar-refractivity contribution in [1.82, 2.24) is 14.7 Å². The van der Waals surface area contributed by atoms with Gasteiger partial charge in [0.05, 0.1) is 12.0 Å². The van der Waals surface area contributed by atoms with E-state index >= 15 is 0 Å². The third-order valence-corrected chi connectivity index (χ3v) is 5.57. The molecule has 0 unspecified atom stereocenters. The van der Waals surface area contributed by atoms with E-state index in [1.54, 1.807) is 22.6 Å². The molecule has 1 aliphatic heterocycles. The Morgan fingerprint density at radius 1 is 1.32 bits per heavy atom. The molecule has 1 aliphatic rings. The molecule has 1 saturated heterocycles. The monoisotopic (exact) mass is 403 g/mol. The van der Waals surface area contributed by atoms with Crippen LogP contribution in [0, 0.1) is 12.3 Å². The molecular formula is C21H26ClN3O3. The van der Waals surface area contributed by atoms with Crippen molar-refractivity contribution in [2.45, 2.75) is 33.1 Å². The fourth-order valence-corrected chi connectivity index (χ4v) is 4.05. The number of rotatable bonds is 5. The Hall–Kier alpha value is -2.34. The average molecular weight is 404 g/mol. The number of esters is 1. The van der Waals surface area contributed by atoms with Gasteiger partial charge in [-0.2, -0.15) is 5.10 Å². The number of benzene rings is 1. The summed E-state index contributed by atoms with van der Waals surface area (Å²) in [6.07, 6.45) is 1.89. The van der Waals surface area contributed by atoms with Gasteiger partial charge in [-0.3, -0.25) is 14.3 Å². The molecule has 0 radical (unpaired) electrons. The lowest BCUT2D eigenvalue weighted by Gasteiger charge is -2.41. The van der Waals surface area contributed by atoms with Gasteiger partial charge in [-0.05, 0) is 56.9 Å². The number of hydrogen-bond donors (Lipinski definition) is 0. The van der Waals surface area contributed by atoms with Crippen LogP contribution in [0.1, 0.15) is 41.5 Å². The topological polar surface area (TPSA) is 64.4 Å². The molecule has 150 valence electrons. The van der Waals surface area contributed by atoms with Crippen molar-refractivity contribution in [1.29, 1.82) is 0 Å². The minimum absolute atomic E-state index is 0.150. The summed E-state index contributed by atoms with van der Waals surface area (Å²) in [5.74, 6) is -0.409. The zero-order valence-corrected chi connectivity index (χ0v) is 17.3. The number of aromatic nitrogens is 2. The summed E-state index contributed by atoms with van der Waals surface area (Å²) in [7, 11) is 1.81. The van der Waals surface area contributed by atoms with Crippen molar-refractivity contribution in [2.75, 3.05) is 19.7 Å². The van der Waals surface area contributed by atoms with Gasteiger partial charge in [-0.15, -0.1) is 0 Å². The molecule has 6 nitrogen and oxygen atoms in total. The normalized spacial score (nSPS) is 19.5. The zero-order chi connectivity index (χ0) is 20.3. The summed E-state index contributed by atoms with van der Waals surface area (Å²) in [5.41, 5.74) is 1.50. The third-order valence-electron chi connectivity index (χ3n) is 5.34. The maximum atomic E-state index is 13.0. The van der Waals surface area contributed by atoms with E-state index in [-0.39, 0.29) is 11.9 Å². The molecule has 1 fully saturated rings. The molecule has 2 heterocycles. The van der Waals surface area contributed by atoms with Crippen molar-refractivity contribution in [3.05, 3.63) is 52.3 Å². The number of amides is 1. The van der Waals surface area contributed by atoms with Crippen LogP contribution in [0.3, 0.4) is 0 Å². The Bertz CT molecular complexity index is 860. The predicted octanol–water partition coefficient (Wildman–Crippen LogP) is 3.41. The molecule has 1 aromatic carbocycles. The first-order valence-corrected chi connectivity index (χ1v) is 9.94. The van der Waals surface area contributed by atoms with Gasteiger partial charge in [0.2, 0.25) is 0 Å². The highest BCUT2D eigenvalue weighted by molar-refractivity contribution is 6.30. The number of carbonyl (C=O) groups is 2. The Labute approximate surface area is 170 Å². The number of nitrogens with zero attached hydrogens (tertiary/aromatic N) is 3. The summed E-state index contributed by atoms with van der Waals surface area (Å²) in [4.78, 5) is 27.7. The highest BCUT2D eigenvalue weighted by Crippen LogP contribution is 2.36. The third kappa shape index (κ3) is 4.22. The fourth-order valence-electron chi connectivity index (χ4n) is 3.84. The molecule has 1 atom stereocenters. The van der Waals surface area contributed by atoms with Crippen LogP contribution < -0.4 is 0 Å². The second kappa shape index (κ2) is 8.35. The summed E-state index contributed by atoms with van der Waals surface area (Å²) >= 11 is 6.13. The number of likely N-dealkylation sites (tertiary alicyclic amines) is 1. The van der Waals surface area contributed by atoms with E-state index in [9.17, 15) is 9.59 Å². The summed E-state index contributed by atoms with van der Waals surface area (Å²) in [6, 6.07) is 9.28. The van der Waals surface area contributed by atoms with Gasteiger partial charge in [0.25, 0.3) is 5.91 Å². The van der Waals surface area contributed by atoms with E-state index in [0.29, 0.717) is 43.3 Å². The van der Waals surface area contributed by atoms with Crippen LogP contribution in [0.2, 0.25) is 5.02 Å². The van der Waals surface area contributed by atoms with E-state index in [1.165, 1.54) is 0 Å². The first kappa shape index (κ1) is 20.4. The molecule has 0 N–H and O–H groups in total. The molecule has 0 bridgehead atoms. The highest BCUT2D eigenvalue weighted by Gasteiger charge is 2.45. The van der Waals surface area contributed by atoms with E-state index in [2.05, 4.69) is 5.10 Å². The van der Waals surface area contributed by atoms with Crippen LogP contribution in [0.5, 0.6) is 0 Å². The summed E-state index contributed by atoms with van der Waals surface area (Å²) in [5, 5.41) is 4.93. The largest absolute Gasteiger partial charge is 0.466 e. The number of piperidine rings is 1. The number of ether oxygens (including phenoxy) is 1. The quantitative estimate of drug-likeness (QED) is 0.717. The van der Waals surface area contributed by atoms with E-state index < -0.39 is 5.41 Å². The van der Waals surface area contributed by atoms with Crippen molar-refractivity contribution in [2.24, 2.45) is 12.5 Å². The number of carbonyl (C=O) groups excluding carboxylic acids is 2.